The van der Waals surface area contributed by atoms with Gasteiger partial charge in [-0.25, -0.2) is 0 Å². The maximum atomic E-state index is 3.65. The fourth-order valence-corrected chi connectivity index (χ4v) is 3.02. The predicted octanol–water partition coefficient (Wildman–Crippen LogP) is 4.33. The van der Waals surface area contributed by atoms with Gasteiger partial charge in [-0.2, -0.15) is 0 Å². The molecule has 0 spiro atoms. The van der Waals surface area contributed by atoms with Gasteiger partial charge in [-0.05, 0) is 41.8 Å². The van der Waals surface area contributed by atoms with Gasteiger partial charge in [0, 0.05) is 12.0 Å². The third kappa shape index (κ3) is 3.20. The minimum Gasteiger partial charge on any atom is -0.316 e. The number of nitrogens with one attached hydrogen (secondary N) is 1. The first kappa shape index (κ1) is 14.6. The van der Waals surface area contributed by atoms with E-state index in [2.05, 4.69) is 64.2 Å². The minimum atomic E-state index is 0.407. The van der Waals surface area contributed by atoms with Crippen LogP contribution in [0, 0.1) is 11.8 Å². The van der Waals surface area contributed by atoms with E-state index in [0.29, 0.717) is 11.3 Å². The van der Waals surface area contributed by atoms with Gasteiger partial charge in [-0.3, -0.25) is 0 Å². The topological polar surface area (TPSA) is 12.0 Å². The SMILES string of the molecule is CC(C)CNCC1(c2ccc(C(C)C)cc2)CC1C. The average molecular weight is 259 g/mol. The van der Waals surface area contributed by atoms with E-state index in [4.69, 9.17) is 0 Å². The van der Waals surface area contributed by atoms with Crippen molar-refractivity contribution in [1.29, 1.82) is 0 Å². The molecule has 0 saturated heterocycles. The molecule has 0 radical (unpaired) electrons. The van der Waals surface area contributed by atoms with Crippen molar-refractivity contribution in [2.45, 2.75) is 52.4 Å². The van der Waals surface area contributed by atoms with Crippen molar-refractivity contribution < 1.29 is 0 Å². The minimum absolute atomic E-state index is 0.407. The summed E-state index contributed by atoms with van der Waals surface area (Å²) in [6.45, 7) is 13.7. The molecule has 0 aliphatic heterocycles. The summed E-state index contributed by atoms with van der Waals surface area (Å²) in [5, 5.41) is 3.65. The summed E-state index contributed by atoms with van der Waals surface area (Å²) >= 11 is 0. The van der Waals surface area contributed by atoms with Crippen LogP contribution in [-0.4, -0.2) is 13.1 Å². The molecule has 1 heteroatoms. The van der Waals surface area contributed by atoms with Gasteiger partial charge < -0.3 is 5.32 Å². The Hall–Kier alpha value is -0.820. The summed E-state index contributed by atoms with van der Waals surface area (Å²) in [5.41, 5.74) is 3.38. The molecule has 1 fully saturated rings. The number of rotatable bonds is 6. The molecule has 0 heterocycles. The molecule has 106 valence electrons. The van der Waals surface area contributed by atoms with Crippen molar-refractivity contribution in [1.82, 2.24) is 5.32 Å². The number of hydrogen-bond acceptors (Lipinski definition) is 1. The highest BCUT2D eigenvalue weighted by atomic mass is 14.9. The monoisotopic (exact) mass is 259 g/mol. The summed E-state index contributed by atoms with van der Waals surface area (Å²) in [4.78, 5) is 0. The fourth-order valence-electron chi connectivity index (χ4n) is 3.02. The van der Waals surface area contributed by atoms with Gasteiger partial charge in [0.25, 0.3) is 0 Å². The molecule has 0 bridgehead atoms. The first-order chi connectivity index (χ1) is 8.95. The van der Waals surface area contributed by atoms with Gasteiger partial charge in [0.1, 0.15) is 0 Å². The summed E-state index contributed by atoms with van der Waals surface area (Å²) < 4.78 is 0. The van der Waals surface area contributed by atoms with Gasteiger partial charge in [0.05, 0.1) is 0 Å². The summed E-state index contributed by atoms with van der Waals surface area (Å²) in [7, 11) is 0. The van der Waals surface area contributed by atoms with Crippen LogP contribution in [0.4, 0.5) is 0 Å². The average Bonchev–Trinajstić information content (AvgIpc) is 3.01. The Morgan fingerprint density at radius 3 is 2.16 bits per heavy atom. The molecular weight excluding hydrogens is 230 g/mol. The van der Waals surface area contributed by atoms with Gasteiger partial charge in [0.2, 0.25) is 0 Å². The van der Waals surface area contributed by atoms with E-state index in [9.17, 15) is 0 Å². The molecule has 1 saturated carbocycles. The second-order valence-electron chi connectivity index (χ2n) is 7.06. The molecule has 1 aromatic rings. The molecule has 19 heavy (non-hydrogen) atoms. The lowest BCUT2D eigenvalue weighted by Gasteiger charge is -2.20. The van der Waals surface area contributed by atoms with Crippen LogP contribution >= 0.6 is 0 Å². The molecule has 1 aliphatic carbocycles. The van der Waals surface area contributed by atoms with Crippen molar-refractivity contribution in [2.75, 3.05) is 13.1 Å². The third-order valence-electron chi connectivity index (χ3n) is 4.60. The Morgan fingerprint density at radius 2 is 1.74 bits per heavy atom. The van der Waals surface area contributed by atoms with Crippen LogP contribution in [0.3, 0.4) is 0 Å². The Kier molecular flexibility index (Phi) is 4.35. The quantitative estimate of drug-likeness (QED) is 0.801. The van der Waals surface area contributed by atoms with E-state index in [1.807, 2.05) is 0 Å². The van der Waals surface area contributed by atoms with Crippen molar-refractivity contribution in [3.05, 3.63) is 35.4 Å². The van der Waals surface area contributed by atoms with Crippen LogP contribution in [0.1, 0.15) is 58.1 Å². The Balaban J connectivity index is 2.05. The lowest BCUT2D eigenvalue weighted by atomic mass is 9.91. The van der Waals surface area contributed by atoms with Crippen LogP contribution in [0.2, 0.25) is 0 Å². The number of benzene rings is 1. The molecule has 0 amide bonds. The second-order valence-corrected chi connectivity index (χ2v) is 7.06. The smallest absolute Gasteiger partial charge is 0.0106 e. The molecule has 1 aliphatic rings. The van der Waals surface area contributed by atoms with Crippen LogP contribution in [0.5, 0.6) is 0 Å². The van der Waals surface area contributed by atoms with E-state index < -0.39 is 0 Å². The molecule has 1 aromatic carbocycles. The van der Waals surface area contributed by atoms with Crippen molar-refractivity contribution >= 4 is 0 Å². The predicted molar refractivity (Wildman–Crippen MR) is 83.7 cm³/mol. The van der Waals surface area contributed by atoms with Crippen LogP contribution in [-0.2, 0) is 5.41 Å². The molecule has 2 rings (SSSR count). The highest BCUT2D eigenvalue weighted by Crippen LogP contribution is 2.53. The molecule has 1 nitrogen and oxygen atoms in total. The van der Waals surface area contributed by atoms with Gasteiger partial charge >= 0.3 is 0 Å². The molecule has 1 N–H and O–H groups in total. The van der Waals surface area contributed by atoms with Gasteiger partial charge in [0.15, 0.2) is 0 Å². The molecular formula is C18H29N. The van der Waals surface area contributed by atoms with E-state index in [-0.39, 0.29) is 0 Å². The number of hydrogen-bond donors (Lipinski definition) is 1. The van der Waals surface area contributed by atoms with Gasteiger partial charge in [-0.15, -0.1) is 0 Å². The van der Waals surface area contributed by atoms with Crippen LogP contribution in [0.15, 0.2) is 24.3 Å². The highest BCUT2D eigenvalue weighted by Gasteiger charge is 2.51. The first-order valence-corrected chi connectivity index (χ1v) is 7.77. The molecule has 2 unspecified atom stereocenters. The fraction of sp³-hybridized carbons (Fsp3) is 0.667. The highest BCUT2D eigenvalue weighted by molar-refractivity contribution is 5.36. The van der Waals surface area contributed by atoms with Crippen molar-refractivity contribution in [2.24, 2.45) is 11.8 Å². The molecule has 2 atom stereocenters. The van der Waals surface area contributed by atoms with E-state index >= 15 is 0 Å². The Bertz CT molecular complexity index is 404. The summed E-state index contributed by atoms with van der Waals surface area (Å²) in [6, 6.07) is 9.34. The van der Waals surface area contributed by atoms with Crippen LogP contribution < -0.4 is 5.32 Å². The standard InChI is InChI=1S/C18H29N/c1-13(2)11-19-12-18(10-15(18)5)17-8-6-16(7-9-17)14(3)4/h6-9,13-15,19H,10-12H2,1-5H3. The van der Waals surface area contributed by atoms with Crippen LogP contribution in [0.25, 0.3) is 0 Å². The van der Waals surface area contributed by atoms with Crippen molar-refractivity contribution in [3.63, 3.8) is 0 Å². The lowest BCUT2D eigenvalue weighted by molar-refractivity contribution is 0.493. The first-order valence-electron chi connectivity index (χ1n) is 7.77. The van der Waals surface area contributed by atoms with Gasteiger partial charge in [-0.1, -0.05) is 58.9 Å². The largest absolute Gasteiger partial charge is 0.316 e. The zero-order chi connectivity index (χ0) is 14.0. The lowest BCUT2D eigenvalue weighted by Crippen LogP contribution is -2.31. The third-order valence-corrected chi connectivity index (χ3v) is 4.60. The normalized spacial score (nSPS) is 26.2. The van der Waals surface area contributed by atoms with E-state index in [1.165, 1.54) is 17.5 Å². The maximum absolute atomic E-state index is 3.65. The molecule has 0 aromatic heterocycles. The van der Waals surface area contributed by atoms with Crippen molar-refractivity contribution in [3.8, 4) is 0 Å². The summed E-state index contributed by atoms with van der Waals surface area (Å²) in [5.74, 6) is 2.17. The van der Waals surface area contributed by atoms with E-state index in [1.54, 1.807) is 0 Å². The van der Waals surface area contributed by atoms with E-state index in [0.717, 1.165) is 24.9 Å². The Morgan fingerprint density at radius 1 is 1.16 bits per heavy atom. The summed E-state index contributed by atoms with van der Waals surface area (Å²) in [6.07, 6.45) is 1.33. The zero-order valence-corrected chi connectivity index (χ0v) is 13.2. The second kappa shape index (κ2) is 5.66. The zero-order valence-electron chi connectivity index (χ0n) is 13.2. The maximum Gasteiger partial charge on any atom is 0.0106 e. The Labute approximate surface area is 118 Å².